The molecule has 0 unspecified atom stereocenters. The SMILES string of the molecule is Cc1nc(CCc2ccccc2)nc2c1CCNC2. The Kier molecular flexibility index (Phi) is 3.56. The Hall–Kier alpha value is -1.74. The second kappa shape index (κ2) is 5.49. The number of hydrogen-bond donors (Lipinski definition) is 1. The first-order valence-electron chi connectivity index (χ1n) is 6.93. The Morgan fingerprint density at radius 2 is 1.95 bits per heavy atom. The van der Waals surface area contributed by atoms with Crippen LogP contribution in [0.15, 0.2) is 30.3 Å². The maximum absolute atomic E-state index is 4.72. The van der Waals surface area contributed by atoms with Crippen LogP contribution in [0, 0.1) is 6.92 Å². The number of hydrogen-bond acceptors (Lipinski definition) is 3. The fourth-order valence-corrected chi connectivity index (χ4v) is 2.62. The van der Waals surface area contributed by atoms with Gasteiger partial charge in [-0.1, -0.05) is 30.3 Å². The largest absolute Gasteiger partial charge is 0.311 e. The summed E-state index contributed by atoms with van der Waals surface area (Å²) in [4.78, 5) is 9.38. The molecule has 98 valence electrons. The molecular weight excluding hydrogens is 234 g/mol. The van der Waals surface area contributed by atoms with Gasteiger partial charge in [0.15, 0.2) is 0 Å². The molecule has 3 heteroatoms. The van der Waals surface area contributed by atoms with E-state index in [4.69, 9.17) is 4.98 Å². The van der Waals surface area contributed by atoms with Crippen LogP contribution in [0.5, 0.6) is 0 Å². The van der Waals surface area contributed by atoms with E-state index in [2.05, 4.69) is 47.6 Å². The molecule has 0 spiro atoms. The van der Waals surface area contributed by atoms with E-state index >= 15 is 0 Å². The maximum Gasteiger partial charge on any atom is 0.129 e. The van der Waals surface area contributed by atoms with Gasteiger partial charge < -0.3 is 5.32 Å². The molecule has 0 amide bonds. The summed E-state index contributed by atoms with van der Waals surface area (Å²) < 4.78 is 0. The lowest BCUT2D eigenvalue weighted by Crippen LogP contribution is -2.26. The summed E-state index contributed by atoms with van der Waals surface area (Å²) in [6.07, 6.45) is 2.98. The van der Waals surface area contributed by atoms with Crippen LogP contribution < -0.4 is 5.32 Å². The molecule has 1 aliphatic rings. The van der Waals surface area contributed by atoms with Gasteiger partial charge in [0, 0.05) is 18.7 Å². The first-order valence-corrected chi connectivity index (χ1v) is 6.93. The molecule has 1 aliphatic heterocycles. The monoisotopic (exact) mass is 253 g/mol. The normalized spacial score (nSPS) is 14.2. The van der Waals surface area contributed by atoms with Crippen LogP contribution in [-0.2, 0) is 25.8 Å². The van der Waals surface area contributed by atoms with E-state index < -0.39 is 0 Å². The van der Waals surface area contributed by atoms with Gasteiger partial charge in [-0.25, -0.2) is 9.97 Å². The lowest BCUT2D eigenvalue weighted by Gasteiger charge is -2.18. The van der Waals surface area contributed by atoms with Crippen molar-refractivity contribution in [2.24, 2.45) is 0 Å². The first kappa shape index (κ1) is 12.3. The van der Waals surface area contributed by atoms with Gasteiger partial charge in [-0.05, 0) is 37.4 Å². The highest BCUT2D eigenvalue weighted by molar-refractivity contribution is 5.27. The Labute approximate surface area is 114 Å². The lowest BCUT2D eigenvalue weighted by molar-refractivity contribution is 0.611. The van der Waals surface area contributed by atoms with Gasteiger partial charge in [0.25, 0.3) is 0 Å². The summed E-state index contributed by atoms with van der Waals surface area (Å²) in [5.41, 5.74) is 5.05. The minimum atomic E-state index is 0.886. The minimum Gasteiger partial charge on any atom is -0.311 e. The Morgan fingerprint density at radius 1 is 1.11 bits per heavy atom. The Morgan fingerprint density at radius 3 is 2.79 bits per heavy atom. The molecule has 1 N–H and O–H groups in total. The van der Waals surface area contributed by atoms with Crippen molar-refractivity contribution in [2.45, 2.75) is 32.7 Å². The van der Waals surface area contributed by atoms with Crippen molar-refractivity contribution in [2.75, 3.05) is 6.54 Å². The number of nitrogens with one attached hydrogen (secondary N) is 1. The van der Waals surface area contributed by atoms with Gasteiger partial charge in [0.2, 0.25) is 0 Å². The van der Waals surface area contributed by atoms with E-state index in [1.165, 1.54) is 16.8 Å². The van der Waals surface area contributed by atoms with E-state index in [0.717, 1.165) is 43.9 Å². The lowest BCUT2D eigenvalue weighted by atomic mass is 10.0. The molecule has 19 heavy (non-hydrogen) atoms. The fraction of sp³-hybridized carbons (Fsp3) is 0.375. The zero-order valence-electron chi connectivity index (χ0n) is 11.3. The van der Waals surface area contributed by atoms with E-state index in [1.807, 2.05) is 0 Å². The summed E-state index contributed by atoms with van der Waals surface area (Å²) in [5, 5.41) is 3.38. The Balaban J connectivity index is 1.76. The highest BCUT2D eigenvalue weighted by Crippen LogP contribution is 2.15. The van der Waals surface area contributed by atoms with Crippen LogP contribution in [0.25, 0.3) is 0 Å². The van der Waals surface area contributed by atoms with Crippen molar-refractivity contribution < 1.29 is 0 Å². The highest BCUT2D eigenvalue weighted by Gasteiger charge is 2.14. The topological polar surface area (TPSA) is 37.8 Å². The average Bonchev–Trinajstić information content (AvgIpc) is 2.46. The van der Waals surface area contributed by atoms with Crippen molar-refractivity contribution >= 4 is 0 Å². The molecule has 0 aliphatic carbocycles. The Bertz CT molecular complexity index is 564. The molecule has 3 nitrogen and oxygen atoms in total. The molecule has 0 atom stereocenters. The molecule has 0 saturated heterocycles. The van der Waals surface area contributed by atoms with Gasteiger partial charge in [-0.3, -0.25) is 0 Å². The number of nitrogens with zero attached hydrogens (tertiary/aromatic N) is 2. The maximum atomic E-state index is 4.72. The van der Waals surface area contributed by atoms with Crippen LogP contribution in [0.3, 0.4) is 0 Å². The summed E-state index contributed by atoms with van der Waals surface area (Å²) in [6.45, 7) is 4.04. The standard InChI is InChI=1S/C16H19N3/c1-12-14-9-10-17-11-15(14)19-16(18-12)8-7-13-5-3-2-4-6-13/h2-6,17H,7-11H2,1H3. The van der Waals surface area contributed by atoms with Crippen LogP contribution in [0.1, 0.15) is 28.3 Å². The molecular formula is C16H19N3. The molecule has 2 aromatic rings. The summed E-state index contributed by atoms with van der Waals surface area (Å²) in [7, 11) is 0. The zero-order valence-corrected chi connectivity index (χ0v) is 11.3. The molecule has 0 saturated carbocycles. The van der Waals surface area contributed by atoms with Crippen LogP contribution in [0.2, 0.25) is 0 Å². The van der Waals surface area contributed by atoms with Crippen molar-refractivity contribution in [1.82, 2.24) is 15.3 Å². The van der Waals surface area contributed by atoms with Crippen molar-refractivity contribution in [1.29, 1.82) is 0 Å². The molecule has 3 rings (SSSR count). The van der Waals surface area contributed by atoms with Crippen molar-refractivity contribution in [3.8, 4) is 0 Å². The molecule has 0 bridgehead atoms. The number of rotatable bonds is 3. The number of aromatic nitrogens is 2. The third-order valence-corrected chi connectivity index (χ3v) is 3.67. The first-order chi connectivity index (χ1) is 9.33. The predicted molar refractivity (Wildman–Crippen MR) is 76.0 cm³/mol. The quantitative estimate of drug-likeness (QED) is 0.911. The van der Waals surface area contributed by atoms with Crippen LogP contribution in [0.4, 0.5) is 0 Å². The van der Waals surface area contributed by atoms with E-state index in [-0.39, 0.29) is 0 Å². The predicted octanol–water partition coefficient (Wildman–Crippen LogP) is 2.22. The van der Waals surface area contributed by atoms with Crippen LogP contribution in [-0.4, -0.2) is 16.5 Å². The number of benzene rings is 1. The second-order valence-electron chi connectivity index (χ2n) is 5.06. The minimum absolute atomic E-state index is 0.886. The van der Waals surface area contributed by atoms with Crippen molar-refractivity contribution in [3.05, 3.63) is 58.7 Å². The third-order valence-electron chi connectivity index (χ3n) is 3.67. The number of fused-ring (bicyclic) bond motifs is 1. The molecule has 1 aromatic heterocycles. The zero-order chi connectivity index (χ0) is 13.1. The van der Waals surface area contributed by atoms with E-state index in [9.17, 15) is 0 Å². The van der Waals surface area contributed by atoms with E-state index in [1.54, 1.807) is 0 Å². The highest BCUT2D eigenvalue weighted by atomic mass is 15.0. The van der Waals surface area contributed by atoms with Gasteiger partial charge in [-0.15, -0.1) is 0 Å². The number of aryl methyl sites for hydroxylation is 3. The second-order valence-corrected chi connectivity index (χ2v) is 5.06. The van der Waals surface area contributed by atoms with E-state index in [0.29, 0.717) is 0 Å². The van der Waals surface area contributed by atoms with Gasteiger partial charge in [-0.2, -0.15) is 0 Å². The summed E-state index contributed by atoms with van der Waals surface area (Å²) in [5.74, 6) is 0.976. The van der Waals surface area contributed by atoms with Gasteiger partial charge in [0.05, 0.1) is 5.69 Å². The molecule has 0 fully saturated rings. The third kappa shape index (κ3) is 2.82. The smallest absolute Gasteiger partial charge is 0.129 e. The average molecular weight is 253 g/mol. The summed E-state index contributed by atoms with van der Waals surface area (Å²) >= 11 is 0. The molecule has 0 radical (unpaired) electrons. The van der Waals surface area contributed by atoms with Gasteiger partial charge in [0.1, 0.15) is 5.82 Å². The summed E-state index contributed by atoms with van der Waals surface area (Å²) in [6, 6.07) is 10.5. The van der Waals surface area contributed by atoms with Crippen LogP contribution >= 0.6 is 0 Å². The van der Waals surface area contributed by atoms with Crippen molar-refractivity contribution in [3.63, 3.8) is 0 Å². The molecule has 1 aromatic carbocycles. The fourth-order valence-electron chi connectivity index (χ4n) is 2.62. The van der Waals surface area contributed by atoms with Gasteiger partial charge >= 0.3 is 0 Å². The molecule has 2 heterocycles.